The van der Waals surface area contributed by atoms with Crippen LogP contribution in [0.1, 0.15) is 19.8 Å². The summed E-state index contributed by atoms with van der Waals surface area (Å²) < 4.78 is 0. The van der Waals surface area contributed by atoms with Gasteiger partial charge in [0.05, 0.1) is 10.4 Å². The molecule has 0 spiro atoms. The van der Waals surface area contributed by atoms with Gasteiger partial charge in [0.25, 0.3) is 0 Å². The van der Waals surface area contributed by atoms with Crippen molar-refractivity contribution in [3.63, 3.8) is 0 Å². The van der Waals surface area contributed by atoms with E-state index in [1.807, 2.05) is 30.3 Å². The molecule has 0 atom stereocenters. The van der Waals surface area contributed by atoms with Gasteiger partial charge in [-0.05, 0) is 30.7 Å². The maximum Gasteiger partial charge on any atom is 0.353 e. The van der Waals surface area contributed by atoms with Crippen molar-refractivity contribution in [1.82, 2.24) is 15.0 Å². The van der Waals surface area contributed by atoms with Gasteiger partial charge >= 0.3 is 5.69 Å². The number of anilines is 3. The Morgan fingerprint density at radius 3 is 2.76 bits per heavy atom. The molecular weight excluding hydrogens is 320 g/mol. The van der Waals surface area contributed by atoms with Crippen LogP contribution in [0.15, 0.2) is 42.9 Å². The van der Waals surface area contributed by atoms with Gasteiger partial charge in [-0.1, -0.05) is 19.4 Å². The predicted octanol–water partition coefficient (Wildman–Crippen LogP) is 3.89. The minimum atomic E-state index is -0.472. The molecule has 2 N–H and O–H groups in total. The Morgan fingerprint density at radius 2 is 1.96 bits per heavy atom. The molecule has 0 saturated heterocycles. The van der Waals surface area contributed by atoms with Gasteiger partial charge in [-0.25, -0.2) is 9.97 Å². The molecule has 0 fully saturated rings. The molecule has 1 aromatic carbocycles. The van der Waals surface area contributed by atoms with Crippen LogP contribution < -0.4 is 10.6 Å². The molecule has 8 heteroatoms. The molecule has 25 heavy (non-hydrogen) atoms. The highest BCUT2D eigenvalue weighted by Gasteiger charge is 2.23. The molecule has 0 bridgehead atoms. The standard InChI is InChI=1S/C17H18N6O2/c1-2-3-9-19-16-15(23(24)25)17(21-11-20-16)22-14-8-4-7-13-12(14)6-5-10-18-13/h4-8,10-11H,2-3,9H2,1H3,(H2,19,20,21,22). The van der Waals surface area contributed by atoms with Crippen molar-refractivity contribution in [3.8, 4) is 0 Å². The number of hydrogen-bond donors (Lipinski definition) is 2. The summed E-state index contributed by atoms with van der Waals surface area (Å²) in [6.07, 6.45) is 4.90. The molecule has 0 aliphatic carbocycles. The van der Waals surface area contributed by atoms with E-state index in [1.165, 1.54) is 6.33 Å². The first-order chi connectivity index (χ1) is 12.2. The van der Waals surface area contributed by atoms with Crippen LogP contribution >= 0.6 is 0 Å². The van der Waals surface area contributed by atoms with Gasteiger partial charge in [-0.2, -0.15) is 0 Å². The van der Waals surface area contributed by atoms with Crippen molar-refractivity contribution in [2.75, 3.05) is 17.2 Å². The van der Waals surface area contributed by atoms with Crippen molar-refractivity contribution in [2.45, 2.75) is 19.8 Å². The van der Waals surface area contributed by atoms with Crippen LogP contribution in [0.4, 0.5) is 23.0 Å². The molecule has 128 valence electrons. The summed E-state index contributed by atoms with van der Waals surface area (Å²) in [5, 5.41) is 18.5. The average molecular weight is 338 g/mol. The van der Waals surface area contributed by atoms with Crippen LogP contribution in [-0.2, 0) is 0 Å². The summed E-state index contributed by atoms with van der Waals surface area (Å²) in [7, 11) is 0. The Balaban J connectivity index is 1.99. The Hall–Kier alpha value is -3.29. The third-order valence-corrected chi connectivity index (χ3v) is 3.73. The van der Waals surface area contributed by atoms with Crippen LogP contribution in [0.2, 0.25) is 0 Å². The maximum atomic E-state index is 11.6. The monoisotopic (exact) mass is 338 g/mol. The molecule has 0 aliphatic rings. The number of unbranched alkanes of at least 4 members (excludes halogenated alkanes) is 1. The number of pyridine rings is 1. The zero-order valence-corrected chi connectivity index (χ0v) is 13.8. The fraction of sp³-hybridized carbons (Fsp3) is 0.235. The highest BCUT2D eigenvalue weighted by atomic mass is 16.6. The normalized spacial score (nSPS) is 10.6. The van der Waals surface area contributed by atoms with Crippen molar-refractivity contribution in [2.24, 2.45) is 0 Å². The summed E-state index contributed by atoms with van der Waals surface area (Å²) in [5.74, 6) is 0.365. The lowest BCUT2D eigenvalue weighted by molar-refractivity contribution is -0.383. The third-order valence-electron chi connectivity index (χ3n) is 3.73. The quantitative estimate of drug-likeness (QED) is 0.382. The minimum absolute atomic E-state index is 0.148. The number of benzene rings is 1. The van der Waals surface area contributed by atoms with E-state index in [0.717, 1.165) is 23.7 Å². The molecule has 0 radical (unpaired) electrons. The lowest BCUT2D eigenvalue weighted by atomic mass is 10.2. The largest absolute Gasteiger partial charge is 0.364 e. The molecule has 3 rings (SSSR count). The van der Waals surface area contributed by atoms with Crippen LogP contribution in [0, 0.1) is 10.1 Å². The Kier molecular flexibility index (Phi) is 4.98. The number of nitro groups is 1. The Bertz CT molecular complexity index is 894. The third kappa shape index (κ3) is 3.63. The van der Waals surface area contributed by atoms with Gasteiger partial charge in [0, 0.05) is 23.8 Å². The van der Waals surface area contributed by atoms with Crippen LogP contribution in [0.5, 0.6) is 0 Å². The minimum Gasteiger partial charge on any atom is -0.364 e. The van der Waals surface area contributed by atoms with Crippen molar-refractivity contribution in [1.29, 1.82) is 0 Å². The van der Waals surface area contributed by atoms with Gasteiger partial charge in [0.2, 0.25) is 11.6 Å². The fourth-order valence-corrected chi connectivity index (χ4v) is 2.50. The second-order valence-corrected chi connectivity index (χ2v) is 5.46. The molecule has 2 aromatic heterocycles. The zero-order valence-electron chi connectivity index (χ0n) is 13.8. The zero-order chi connectivity index (χ0) is 17.6. The molecule has 8 nitrogen and oxygen atoms in total. The number of fused-ring (bicyclic) bond motifs is 1. The molecule has 3 aromatic rings. The topological polar surface area (TPSA) is 106 Å². The van der Waals surface area contributed by atoms with Crippen LogP contribution in [0.25, 0.3) is 10.9 Å². The first kappa shape index (κ1) is 16.6. The second-order valence-electron chi connectivity index (χ2n) is 5.46. The molecule has 0 saturated carbocycles. The van der Waals surface area contributed by atoms with E-state index in [0.29, 0.717) is 12.2 Å². The molecule has 2 heterocycles. The van der Waals surface area contributed by atoms with Gasteiger partial charge in [-0.15, -0.1) is 0 Å². The summed E-state index contributed by atoms with van der Waals surface area (Å²) in [5.41, 5.74) is 1.33. The average Bonchev–Trinajstić information content (AvgIpc) is 2.62. The van der Waals surface area contributed by atoms with Gasteiger partial charge in [-0.3, -0.25) is 15.1 Å². The smallest absolute Gasteiger partial charge is 0.353 e. The number of rotatable bonds is 7. The first-order valence-electron chi connectivity index (χ1n) is 8.04. The predicted molar refractivity (Wildman–Crippen MR) is 97.1 cm³/mol. The number of nitrogens with one attached hydrogen (secondary N) is 2. The number of hydrogen-bond acceptors (Lipinski definition) is 7. The summed E-state index contributed by atoms with van der Waals surface area (Å²) >= 11 is 0. The number of nitrogens with zero attached hydrogens (tertiary/aromatic N) is 4. The van der Waals surface area contributed by atoms with E-state index in [9.17, 15) is 10.1 Å². The van der Waals surface area contributed by atoms with Crippen molar-refractivity contribution >= 4 is 33.9 Å². The highest BCUT2D eigenvalue weighted by Crippen LogP contribution is 2.33. The maximum absolute atomic E-state index is 11.6. The van der Waals surface area contributed by atoms with Gasteiger partial charge < -0.3 is 10.6 Å². The van der Waals surface area contributed by atoms with Gasteiger partial charge in [0.1, 0.15) is 6.33 Å². The lowest BCUT2D eigenvalue weighted by Crippen LogP contribution is -2.09. The van der Waals surface area contributed by atoms with Crippen molar-refractivity contribution < 1.29 is 4.92 Å². The fourth-order valence-electron chi connectivity index (χ4n) is 2.50. The second kappa shape index (κ2) is 7.52. The molecule has 0 unspecified atom stereocenters. The van der Waals surface area contributed by atoms with Crippen LogP contribution in [0.3, 0.4) is 0 Å². The molecule has 0 amide bonds. The SMILES string of the molecule is CCCCNc1ncnc(Nc2cccc3ncccc23)c1[N+](=O)[O-]. The van der Waals surface area contributed by atoms with E-state index >= 15 is 0 Å². The highest BCUT2D eigenvalue weighted by molar-refractivity contribution is 5.93. The van der Waals surface area contributed by atoms with Gasteiger partial charge in [0.15, 0.2) is 0 Å². The van der Waals surface area contributed by atoms with E-state index in [4.69, 9.17) is 0 Å². The lowest BCUT2D eigenvalue weighted by Gasteiger charge is -2.11. The van der Waals surface area contributed by atoms with E-state index in [2.05, 4.69) is 32.5 Å². The van der Waals surface area contributed by atoms with E-state index in [-0.39, 0.29) is 17.3 Å². The molecule has 0 aliphatic heterocycles. The van der Waals surface area contributed by atoms with E-state index < -0.39 is 4.92 Å². The summed E-state index contributed by atoms with van der Waals surface area (Å²) in [4.78, 5) is 23.5. The van der Waals surface area contributed by atoms with Crippen LogP contribution in [-0.4, -0.2) is 26.4 Å². The first-order valence-corrected chi connectivity index (χ1v) is 8.04. The summed E-state index contributed by atoms with van der Waals surface area (Å²) in [6.45, 7) is 2.67. The molecular formula is C17H18N6O2. The van der Waals surface area contributed by atoms with Crippen molar-refractivity contribution in [3.05, 3.63) is 53.0 Å². The Morgan fingerprint density at radius 1 is 1.12 bits per heavy atom. The number of aromatic nitrogens is 3. The van der Waals surface area contributed by atoms with E-state index in [1.54, 1.807) is 6.20 Å². The summed E-state index contributed by atoms with van der Waals surface area (Å²) in [6, 6.07) is 9.27. The Labute approximate surface area is 144 Å².